The van der Waals surface area contributed by atoms with Crippen LogP contribution in [0.25, 0.3) is 32.7 Å². The summed E-state index contributed by atoms with van der Waals surface area (Å²) in [6.07, 6.45) is 0.443. The highest BCUT2D eigenvalue weighted by molar-refractivity contribution is 6.18. The summed E-state index contributed by atoms with van der Waals surface area (Å²) in [6.45, 7) is 0. The molecule has 0 spiro atoms. The molecule has 5 N–H and O–H groups in total. The van der Waals surface area contributed by atoms with Crippen LogP contribution in [-0.4, -0.2) is 25.2 Å². The van der Waals surface area contributed by atoms with Crippen LogP contribution in [0, 0.1) is 5.82 Å². The van der Waals surface area contributed by atoms with E-state index in [0.717, 1.165) is 27.5 Å². The molecule has 0 unspecified atom stereocenters. The number of benzene rings is 5. The smallest absolute Gasteiger partial charge is 0.249 e. The Labute approximate surface area is 212 Å². The number of hydrogen-bond donors (Lipinski definition) is 3. The molecule has 5 rings (SSSR count). The van der Waals surface area contributed by atoms with E-state index in [1.165, 1.54) is 12.1 Å². The maximum absolute atomic E-state index is 14.0. The van der Waals surface area contributed by atoms with Crippen molar-refractivity contribution in [3.8, 4) is 28.4 Å². The van der Waals surface area contributed by atoms with Gasteiger partial charge in [0.2, 0.25) is 5.91 Å². The minimum Gasteiger partial charge on any atom is -0.508 e. The number of rotatable bonds is 6. The van der Waals surface area contributed by atoms with Gasteiger partial charge in [-0.1, -0.05) is 36.4 Å². The third-order valence-electron chi connectivity index (χ3n) is 6.65. The van der Waals surface area contributed by atoms with Gasteiger partial charge in [0.25, 0.3) is 0 Å². The molecule has 0 saturated heterocycles. The molecule has 0 aliphatic rings. The molecule has 0 saturated carbocycles. The Morgan fingerprint density at radius 1 is 0.892 bits per heavy atom. The molecule has 7 heteroatoms. The second kappa shape index (κ2) is 9.35. The number of carbonyl (C=O) groups is 1. The number of phenols is 1. The van der Waals surface area contributed by atoms with Gasteiger partial charge in [-0.15, -0.1) is 0 Å². The van der Waals surface area contributed by atoms with Crippen molar-refractivity contribution >= 4 is 33.1 Å². The molecule has 37 heavy (non-hydrogen) atoms. The summed E-state index contributed by atoms with van der Waals surface area (Å²) in [4.78, 5) is 12.4. The van der Waals surface area contributed by atoms with Crippen LogP contribution in [0.4, 0.5) is 10.1 Å². The van der Waals surface area contributed by atoms with Gasteiger partial charge >= 0.3 is 0 Å². The van der Waals surface area contributed by atoms with Crippen molar-refractivity contribution in [1.82, 2.24) is 0 Å². The molecule has 6 nitrogen and oxygen atoms in total. The van der Waals surface area contributed by atoms with Gasteiger partial charge in [-0.2, -0.15) is 0 Å². The van der Waals surface area contributed by atoms with Crippen LogP contribution >= 0.6 is 0 Å². The summed E-state index contributed by atoms with van der Waals surface area (Å²) in [6, 6.07) is 20.8. The zero-order chi connectivity index (χ0) is 26.3. The number of primary amides is 1. The number of nitrogens with two attached hydrogens (primary N) is 2. The second-order valence-electron chi connectivity index (χ2n) is 8.78. The van der Waals surface area contributed by atoms with Crippen molar-refractivity contribution in [2.45, 2.75) is 6.42 Å². The van der Waals surface area contributed by atoms with Crippen LogP contribution in [0.5, 0.6) is 17.2 Å². The Bertz CT molecular complexity index is 1680. The van der Waals surface area contributed by atoms with Gasteiger partial charge in [0.15, 0.2) is 11.5 Å². The highest BCUT2D eigenvalue weighted by Gasteiger charge is 2.20. The van der Waals surface area contributed by atoms with E-state index in [1.54, 1.807) is 44.6 Å². The highest BCUT2D eigenvalue weighted by atomic mass is 19.1. The predicted octanol–water partition coefficient (Wildman–Crippen LogP) is 5.79. The Morgan fingerprint density at radius 3 is 2.30 bits per heavy atom. The monoisotopic (exact) mass is 496 g/mol. The zero-order valence-corrected chi connectivity index (χ0v) is 20.3. The van der Waals surface area contributed by atoms with Gasteiger partial charge in [0.05, 0.1) is 19.9 Å². The molecule has 0 atom stereocenters. The lowest BCUT2D eigenvalue weighted by atomic mass is 9.90. The van der Waals surface area contributed by atoms with E-state index in [9.17, 15) is 14.3 Å². The van der Waals surface area contributed by atoms with Crippen LogP contribution in [0.15, 0.2) is 72.8 Å². The van der Waals surface area contributed by atoms with Gasteiger partial charge in [-0.25, -0.2) is 4.39 Å². The number of halogens is 1. The van der Waals surface area contributed by atoms with E-state index < -0.39 is 11.7 Å². The van der Waals surface area contributed by atoms with E-state index in [4.69, 9.17) is 20.9 Å². The first kappa shape index (κ1) is 23.9. The number of aromatic hydroxyl groups is 1. The lowest BCUT2D eigenvalue weighted by molar-refractivity contribution is 0.100. The Kier molecular flexibility index (Phi) is 6.05. The number of para-hydroxylation sites is 1. The van der Waals surface area contributed by atoms with Gasteiger partial charge in [-0.05, 0) is 69.1 Å². The summed E-state index contributed by atoms with van der Waals surface area (Å²) in [5, 5.41) is 13.0. The van der Waals surface area contributed by atoms with Crippen molar-refractivity contribution in [3.05, 3.63) is 95.3 Å². The Morgan fingerprint density at radius 2 is 1.62 bits per heavy atom. The van der Waals surface area contributed by atoms with E-state index in [0.29, 0.717) is 39.8 Å². The molecule has 1 amide bonds. The number of ether oxygens (including phenoxy) is 2. The molecule has 0 aliphatic carbocycles. The number of fused-ring (bicyclic) bond motifs is 3. The summed E-state index contributed by atoms with van der Waals surface area (Å²) < 4.78 is 25.4. The maximum Gasteiger partial charge on any atom is 0.249 e. The number of nitrogen functional groups attached to an aromatic ring is 1. The Balaban J connectivity index is 1.71. The summed E-state index contributed by atoms with van der Waals surface area (Å²) in [5.41, 5.74) is 15.3. The van der Waals surface area contributed by atoms with Crippen molar-refractivity contribution in [2.75, 3.05) is 20.0 Å². The summed E-state index contributed by atoms with van der Waals surface area (Å²) in [5.74, 6) is 0.0843. The standard InChI is InChI=1S/C30H25FN2O4/c1-36-27-15-23-21-13-18(34)10-11-20(21)25(30(33)35)14-22(23)24(29(27)37-2)12-16-6-8-17(9-7-16)19-4-3-5-26(31)28(19)32/h3-11,13-15,34H,12,32H2,1-2H3,(H2,33,35). The van der Waals surface area contributed by atoms with E-state index in [2.05, 4.69) is 0 Å². The largest absolute Gasteiger partial charge is 0.508 e. The minimum absolute atomic E-state index is 0.0685. The van der Waals surface area contributed by atoms with Crippen LogP contribution in [0.1, 0.15) is 21.5 Å². The molecule has 5 aromatic carbocycles. The fourth-order valence-corrected chi connectivity index (χ4v) is 4.86. The molecule has 0 heterocycles. The summed E-state index contributed by atoms with van der Waals surface area (Å²) >= 11 is 0. The van der Waals surface area contributed by atoms with Crippen LogP contribution < -0.4 is 20.9 Å². The third kappa shape index (κ3) is 4.14. The SMILES string of the molecule is COc1cc2c(cc(C(N)=O)c3ccc(O)cc32)c(Cc2ccc(-c3cccc(F)c3N)cc2)c1OC. The van der Waals surface area contributed by atoms with Gasteiger partial charge in [0, 0.05) is 23.1 Å². The first-order valence-electron chi connectivity index (χ1n) is 11.6. The number of hydrogen-bond acceptors (Lipinski definition) is 5. The molecule has 5 aromatic rings. The van der Waals surface area contributed by atoms with Gasteiger partial charge < -0.3 is 26.0 Å². The lowest BCUT2D eigenvalue weighted by Crippen LogP contribution is -2.12. The molecule has 0 radical (unpaired) electrons. The van der Waals surface area contributed by atoms with Crippen molar-refractivity contribution < 1.29 is 23.8 Å². The minimum atomic E-state index is -0.574. The van der Waals surface area contributed by atoms with E-state index >= 15 is 0 Å². The highest BCUT2D eigenvalue weighted by Crippen LogP contribution is 2.43. The Hall–Kier alpha value is -4.78. The molecule has 186 valence electrons. The summed E-state index contributed by atoms with van der Waals surface area (Å²) in [7, 11) is 3.12. The third-order valence-corrected chi connectivity index (χ3v) is 6.65. The maximum atomic E-state index is 14.0. The molecule has 0 fully saturated rings. The van der Waals surface area contributed by atoms with Crippen LogP contribution in [0.3, 0.4) is 0 Å². The number of methoxy groups -OCH3 is 2. The molecular weight excluding hydrogens is 471 g/mol. The van der Waals surface area contributed by atoms with Gasteiger partial charge in [0.1, 0.15) is 11.6 Å². The normalized spacial score (nSPS) is 11.1. The number of amides is 1. The average molecular weight is 497 g/mol. The number of phenolic OH excluding ortho intramolecular Hbond substituents is 1. The van der Waals surface area contributed by atoms with Crippen LogP contribution in [-0.2, 0) is 6.42 Å². The number of carbonyl (C=O) groups excluding carboxylic acids is 1. The molecular formula is C30H25FN2O4. The van der Waals surface area contributed by atoms with E-state index in [-0.39, 0.29) is 11.4 Å². The quantitative estimate of drug-likeness (QED) is 0.204. The van der Waals surface area contributed by atoms with Gasteiger partial charge in [-0.3, -0.25) is 4.79 Å². The van der Waals surface area contributed by atoms with Crippen LogP contribution in [0.2, 0.25) is 0 Å². The average Bonchev–Trinajstić information content (AvgIpc) is 2.89. The fraction of sp³-hybridized carbons (Fsp3) is 0.100. The van der Waals surface area contributed by atoms with E-state index in [1.807, 2.05) is 30.3 Å². The van der Waals surface area contributed by atoms with Crippen molar-refractivity contribution in [1.29, 1.82) is 0 Å². The zero-order valence-electron chi connectivity index (χ0n) is 20.3. The lowest BCUT2D eigenvalue weighted by Gasteiger charge is -2.19. The first-order chi connectivity index (χ1) is 17.8. The fourth-order valence-electron chi connectivity index (χ4n) is 4.86. The van der Waals surface area contributed by atoms with Crippen molar-refractivity contribution in [2.24, 2.45) is 5.73 Å². The second-order valence-corrected chi connectivity index (χ2v) is 8.78. The number of anilines is 1. The topological polar surface area (TPSA) is 108 Å². The first-order valence-corrected chi connectivity index (χ1v) is 11.6. The molecule has 0 bridgehead atoms. The predicted molar refractivity (Wildman–Crippen MR) is 144 cm³/mol. The molecule has 0 aliphatic heterocycles. The van der Waals surface area contributed by atoms with Crippen molar-refractivity contribution in [3.63, 3.8) is 0 Å². The molecule has 0 aromatic heterocycles.